The van der Waals surface area contributed by atoms with Crippen LogP contribution in [0.1, 0.15) is 143 Å². The zero-order chi connectivity index (χ0) is 19.3. The van der Waals surface area contributed by atoms with Gasteiger partial charge in [0.2, 0.25) is 0 Å². The van der Waals surface area contributed by atoms with Gasteiger partial charge in [-0.15, -0.1) is 12.4 Å². The van der Waals surface area contributed by atoms with Crippen LogP contribution in [-0.4, -0.2) is 17.4 Å². The summed E-state index contributed by atoms with van der Waals surface area (Å²) in [6, 6.07) is 0.519. The maximum absolute atomic E-state index is 9.96. The molecule has 0 aromatic carbocycles. The molecule has 1 unspecified atom stereocenters. The molecular formula is C24H52ClNO. The van der Waals surface area contributed by atoms with Crippen molar-refractivity contribution in [1.29, 1.82) is 0 Å². The Morgan fingerprint density at radius 1 is 0.556 bits per heavy atom. The minimum atomic E-state index is -0.317. The van der Waals surface area contributed by atoms with Crippen LogP contribution < -0.4 is 5.32 Å². The summed E-state index contributed by atoms with van der Waals surface area (Å²) >= 11 is 0. The van der Waals surface area contributed by atoms with E-state index in [9.17, 15) is 5.11 Å². The molecule has 0 spiro atoms. The first-order chi connectivity index (χ1) is 12.7. The van der Waals surface area contributed by atoms with Crippen LogP contribution >= 0.6 is 12.4 Å². The molecule has 0 fully saturated rings. The quantitative estimate of drug-likeness (QED) is 0.149. The first-order valence-corrected chi connectivity index (χ1v) is 12.2. The van der Waals surface area contributed by atoms with Gasteiger partial charge >= 0.3 is 0 Å². The van der Waals surface area contributed by atoms with Gasteiger partial charge in [-0.3, -0.25) is 5.32 Å². The molecule has 3 heteroatoms. The average Bonchev–Trinajstić information content (AvgIpc) is 2.65. The van der Waals surface area contributed by atoms with Gasteiger partial charge in [-0.25, -0.2) is 0 Å². The summed E-state index contributed by atoms with van der Waals surface area (Å²) in [7, 11) is 0. The monoisotopic (exact) mass is 405 g/mol. The van der Waals surface area contributed by atoms with Crippen molar-refractivity contribution in [1.82, 2.24) is 5.32 Å². The summed E-state index contributed by atoms with van der Waals surface area (Å²) in [5, 5.41) is 13.4. The standard InChI is InChI=1S/C24H51NO.ClH/c1-4-7-9-11-13-15-17-19-21-23(25-24(26)6-3)22-20-18-16-14-12-10-8-5-2;/h23-26H,4-22H2,1-3H3;1H. The van der Waals surface area contributed by atoms with Crippen LogP contribution in [-0.2, 0) is 0 Å². The number of nitrogens with one attached hydrogen (secondary N) is 1. The summed E-state index contributed by atoms with van der Waals surface area (Å²) < 4.78 is 0. The summed E-state index contributed by atoms with van der Waals surface area (Å²) in [5.41, 5.74) is 0. The molecule has 0 aliphatic rings. The third kappa shape index (κ3) is 22.4. The van der Waals surface area contributed by atoms with E-state index in [-0.39, 0.29) is 18.6 Å². The first-order valence-electron chi connectivity index (χ1n) is 12.2. The lowest BCUT2D eigenvalue weighted by Gasteiger charge is -2.22. The normalized spacial score (nSPS) is 12.3. The second kappa shape index (κ2) is 24.2. The van der Waals surface area contributed by atoms with Crippen molar-refractivity contribution in [3.8, 4) is 0 Å². The number of rotatable bonds is 21. The summed E-state index contributed by atoms with van der Waals surface area (Å²) in [6.45, 7) is 6.62. The fraction of sp³-hybridized carbons (Fsp3) is 1.00. The second-order valence-electron chi connectivity index (χ2n) is 8.31. The Labute approximate surface area is 178 Å². The van der Waals surface area contributed by atoms with E-state index in [1.165, 1.54) is 116 Å². The van der Waals surface area contributed by atoms with Crippen LogP contribution in [0.25, 0.3) is 0 Å². The predicted octanol–water partition coefficient (Wildman–Crippen LogP) is 8.16. The van der Waals surface area contributed by atoms with Crippen molar-refractivity contribution in [3.05, 3.63) is 0 Å². The summed E-state index contributed by atoms with van der Waals surface area (Å²) in [5.74, 6) is 0. The molecule has 0 bridgehead atoms. The second-order valence-corrected chi connectivity index (χ2v) is 8.31. The number of unbranched alkanes of at least 4 members (excludes halogenated alkanes) is 14. The van der Waals surface area contributed by atoms with E-state index in [0.29, 0.717) is 6.04 Å². The smallest absolute Gasteiger partial charge is 0.104 e. The van der Waals surface area contributed by atoms with Gasteiger partial charge in [0.1, 0.15) is 6.23 Å². The molecule has 0 amide bonds. The fourth-order valence-corrected chi connectivity index (χ4v) is 3.75. The van der Waals surface area contributed by atoms with Crippen LogP contribution in [0.5, 0.6) is 0 Å². The highest BCUT2D eigenvalue weighted by molar-refractivity contribution is 5.85. The van der Waals surface area contributed by atoms with Gasteiger partial charge in [-0.2, -0.15) is 0 Å². The Hall–Kier alpha value is 0.210. The number of hydrogen-bond acceptors (Lipinski definition) is 2. The Morgan fingerprint density at radius 3 is 1.22 bits per heavy atom. The molecule has 0 saturated carbocycles. The minimum absolute atomic E-state index is 0. The third-order valence-corrected chi connectivity index (χ3v) is 5.63. The van der Waals surface area contributed by atoms with Crippen molar-refractivity contribution < 1.29 is 5.11 Å². The largest absolute Gasteiger partial charge is 0.379 e. The average molecular weight is 406 g/mol. The predicted molar refractivity (Wildman–Crippen MR) is 125 cm³/mol. The van der Waals surface area contributed by atoms with E-state index in [1.807, 2.05) is 0 Å². The number of aliphatic hydroxyl groups is 1. The van der Waals surface area contributed by atoms with Crippen molar-refractivity contribution in [3.63, 3.8) is 0 Å². The molecule has 0 saturated heterocycles. The Balaban J connectivity index is 0. The van der Waals surface area contributed by atoms with E-state index in [1.54, 1.807) is 0 Å². The molecule has 0 aliphatic heterocycles. The maximum atomic E-state index is 9.96. The van der Waals surface area contributed by atoms with E-state index in [2.05, 4.69) is 26.1 Å². The number of hydrogen-bond donors (Lipinski definition) is 2. The zero-order valence-corrected chi connectivity index (χ0v) is 19.8. The van der Waals surface area contributed by atoms with Gasteiger partial charge in [0.25, 0.3) is 0 Å². The van der Waals surface area contributed by atoms with Gasteiger partial charge in [-0.1, -0.05) is 124 Å². The lowest BCUT2D eigenvalue weighted by Crippen LogP contribution is -2.37. The molecule has 0 aliphatic carbocycles. The van der Waals surface area contributed by atoms with Gasteiger partial charge in [0.15, 0.2) is 0 Å². The molecule has 2 N–H and O–H groups in total. The van der Waals surface area contributed by atoms with Crippen molar-refractivity contribution in [2.45, 2.75) is 155 Å². The van der Waals surface area contributed by atoms with E-state index < -0.39 is 0 Å². The Bertz CT molecular complexity index is 243. The summed E-state index contributed by atoms with van der Waals surface area (Å²) in [6.07, 6.45) is 25.1. The van der Waals surface area contributed by atoms with Gasteiger partial charge in [0, 0.05) is 6.04 Å². The zero-order valence-electron chi connectivity index (χ0n) is 18.9. The minimum Gasteiger partial charge on any atom is -0.379 e. The maximum Gasteiger partial charge on any atom is 0.104 e. The van der Waals surface area contributed by atoms with Crippen LogP contribution in [0, 0.1) is 0 Å². The van der Waals surface area contributed by atoms with E-state index in [4.69, 9.17) is 0 Å². The molecule has 0 radical (unpaired) electrons. The van der Waals surface area contributed by atoms with Crippen LogP contribution in [0.3, 0.4) is 0 Å². The lowest BCUT2D eigenvalue weighted by atomic mass is 9.99. The molecule has 27 heavy (non-hydrogen) atoms. The lowest BCUT2D eigenvalue weighted by molar-refractivity contribution is 0.113. The topological polar surface area (TPSA) is 32.3 Å². The van der Waals surface area contributed by atoms with Crippen molar-refractivity contribution >= 4 is 12.4 Å². The summed E-state index contributed by atoms with van der Waals surface area (Å²) in [4.78, 5) is 0. The third-order valence-electron chi connectivity index (χ3n) is 5.63. The molecule has 0 rings (SSSR count). The Kier molecular flexibility index (Phi) is 26.4. The van der Waals surface area contributed by atoms with Gasteiger partial charge in [-0.05, 0) is 19.3 Å². The van der Waals surface area contributed by atoms with Crippen molar-refractivity contribution in [2.75, 3.05) is 0 Å². The molecule has 0 aromatic heterocycles. The number of aliphatic hydroxyl groups excluding tert-OH is 1. The highest BCUT2D eigenvalue weighted by atomic mass is 35.5. The highest BCUT2D eigenvalue weighted by Crippen LogP contribution is 2.16. The molecule has 1 atom stereocenters. The van der Waals surface area contributed by atoms with Gasteiger partial charge in [0.05, 0.1) is 0 Å². The molecule has 0 aromatic rings. The van der Waals surface area contributed by atoms with Crippen molar-refractivity contribution in [2.24, 2.45) is 0 Å². The molecular weight excluding hydrogens is 354 g/mol. The Morgan fingerprint density at radius 2 is 0.889 bits per heavy atom. The first kappa shape index (κ1) is 29.4. The number of halogens is 1. The van der Waals surface area contributed by atoms with Gasteiger partial charge < -0.3 is 5.11 Å². The molecule has 2 nitrogen and oxygen atoms in total. The van der Waals surface area contributed by atoms with Crippen LogP contribution in [0.2, 0.25) is 0 Å². The molecule has 0 heterocycles. The van der Waals surface area contributed by atoms with E-state index >= 15 is 0 Å². The van der Waals surface area contributed by atoms with Crippen LogP contribution in [0.4, 0.5) is 0 Å². The molecule has 166 valence electrons. The SMILES string of the molecule is CCCCCCCCCCC(CCCCCCCCCC)NC(O)CC.Cl. The fourth-order valence-electron chi connectivity index (χ4n) is 3.75. The van der Waals surface area contributed by atoms with Crippen LogP contribution in [0.15, 0.2) is 0 Å². The van der Waals surface area contributed by atoms with E-state index in [0.717, 1.165) is 6.42 Å². The highest BCUT2D eigenvalue weighted by Gasteiger charge is 2.11.